The first-order chi connectivity index (χ1) is 19.6. The summed E-state index contributed by atoms with van der Waals surface area (Å²) in [5.74, 6) is -1.79. The van der Waals surface area contributed by atoms with Crippen LogP contribution in [0, 0.1) is 11.7 Å². The minimum Gasteiger partial charge on any atom is -0.406 e. The van der Waals surface area contributed by atoms with Gasteiger partial charge in [0.2, 0.25) is 11.7 Å². The predicted octanol–water partition coefficient (Wildman–Crippen LogP) is 5.46. The van der Waals surface area contributed by atoms with Crippen LogP contribution in [0.15, 0.2) is 53.1 Å². The third-order valence-corrected chi connectivity index (χ3v) is 6.73. The molecule has 2 atom stereocenters. The molecule has 0 bridgehead atoms. The molecule has 1 aromatic heterocycles. The zero-order valence-electron chi connectivity index (χ0n) is 22.3. The number of hydrogen-bond donors (Lipinski definition) is 3. The van der Waals surface area contributed by atoms with E-state index in [1.807, 2.05) is 0 Å². The van der Waals surface area contributed by atoms with Crippen LogP contribution in [0.5, 0.6) is 5.75 Å². The Morgan fingerprint density at radius 3 is 2.37 bits per heavy atom. The lowest BCUT2D eigenvalue weighted by Gasteiger charge is -2.27. The van der Waals surface area contributed by atoms with Gasteiger partial charge in [-0.25, -0.2) is 4.39 Å². The number of ether oxygens (including phenoxy) is 1. The van der Waals surface area contributed by atoms with Crippen LogP contribution < -0.4 is 20.7 Å². The molecule has 0 aliphatic heterocycles. The molecule has 1 aliphatic rings. The predicted molar refractivity (Wildman–Crippen MR) is 141 cm³/mol. The highest BCUT2D eigenvalue weighted by Gasteiger charge is 2.31. The van der Waals surface area contributed by atoms with Gasteiger partial charge in [0.05, 0.1) is 0 Å². The molecule has 13 heteroatoms. The van der Waals surface area contributed by atoms with Crippen molar-refractivity contribution in [2.75, 3.05) is 11.9 Å². The quantitative estimate of drug-likeness (QED) is 0.259. The minimum absolute atomic E-state index is 0.112. The molecule has 0 spiro atoms. The highest BCUT2D eigenvalue weighted by Crippen LogP contribution is 2.28. The van der Waals surface area contributed by atoms with E-state index in [4.69, 9.17) is 4.52 Å². The molecule has 220 valence electrons. The Balaban J connectivity index is 1.36. The molecule has 0 unspecified atom stereocenters. The fourth-order valence-corrected chi connectivity index (χ4v) is 4.68. The fourth-order valence-electron chi connectivity index (χ4n) is 4.68. The fraction of sp³-hybridized carbons (Fsp3) is 0.429. The van der Waals surface area contributed by atoms with E-state index < -0.39 is 24.1 Å². The molecule has 1 aliphatic carbocycles. The van der Waals surface area contributed by atoms with Gasteiger partial charge in [0.15, 0.2) is 0 Å². The smallest absolute Gasteiger partial charge is 0.406 e. The number of benzene rings is 2. The van der Waals surface area contributed by atoms with Crippen LogP contribution >= 0.6 is 0 Å². The van der Waals surface area contributed by atoms with Crippen molar-refractivity contribution in [3.05, 3.63) is 60.2 Å². The summed E-state index contributed by atoms with van der Waals surface area (Å²) in [6.45, 7) is 2.04. The molecule has 9 nitrogen and oxygen atoms in total. The van der Waals surface area contributed by atoms with Gasteiger partial charge in [-0.15, -0.1) is 13.2 Å². The Hall–Kier alpha value is -4.16. The Bertz CT molecular complexity index is 1290. The van der Waals surface area contributed by atoms with E-state index in [2.05, 4.69) is 30.8 Å². The molecule has 2 aromatic carbocycles. The summed E-state index contributed by atoms with van der Waals surface area (Å²) < 4.78 is 59.3. The van der Waals surface area contributed by atoms with Crippen molar-refractivity contribution in [1.29, 1.82) is 0 Å². The second-order valence-electron chi connectivity index (χ2n) is 10.1. The summed E-state index contributed by atoms with van der Waals surface area (Å²) in [4.78, 5) is 30.3. The number of nitrogens with one attached hydrogen (secondary N) is 3. The molecule has 1 saturated carbocycles. The molecule has 2 amide bonds. The van der Waals surface area contributed by atoms with E-state index in [-0.39, 0.29) is 41.9 Å². The molecule has 1 heterocycles. The van der Waals surface area contributed by atoms with Gasteiger partial charge in [0.1, 0.15) is 17.6 Å². The van der Waals surface area contributed by atoms with Crippen molar-refractivity contribution in [1.82, 2.24) is 20.8 Å². The Labute approximate surface area is 234 Å². The molecular formula is C28H31F4N5O4. The maximum absolute atomic E-state index is 13.3. The number of carbonyl (C=O) groups is 2. The van der Waals surface area contributed by atoms with Crippen LogP contribution in [-0.4, -0.2) is 46.9 Å². The molecular weight excluding hydrogens is 546 g/mol. The minimum atomic E-state index is -4.77. The summed E-state index contributed by atoms with van der Waals surface area (Å²) in [6.07, 6.45) is 0.846. The Morgan fingerprint density at radius 1 is 1.02 bits per heavy atom. The highest BCUT2D eigenvalue weighted by molar-refractivity contribution is 5.94. The van der Waals surface area contributed by atoms with Crippen LogP contribution in [-0.2, 0) is 4.79 Å². The van der Waals surface area contributed by atoms with E-state index in [1.165, 1.54) is 48.5 Å². The van der Waals surface area contributed by atoms with Crippen molar-refractivity contribution in [2.24, 2.45) is 5.92 Å². The van der Waals surface area contributed by atoms with Gasteiger partial charge < -0.3 is 25.2 Å². The largest absolute Gasteiger partial charge is 0.573 e. The maximum Gasteiger partial charge on any atom is 0.573 e. The SMILES string of the molecule is C[C@@H](CNc1ccc(OC(F)(F)F)cc1)NC(=O)[C@H](CC1CCCCC1)NC(=O)c1nc(-c2ccc(F)cc2)no1. The third-order valence-electron chi connectivity index (χ3n) is 6.73. The average Bonchev–Trinajstić information content (AvgIpc) is 3.43. The van der Waals surface area contributed by atoms with Gasteiger partial charge in [-0.3, -0.25) is 9.59 Å². The number of carbonyl (C=O) groups excluding carboxylic acids is 2. The zero-order valence-corrected chi connectivity index (χ0v) is 22.3. The van der Waals surface area contributed by atoms with Crippen molar-refractivity contribution in [2.45, 2.75) is 63.9 Å². The summed E-state index contributed by atoms with van der Waals surface area (Å²) in [5.41, 5.74) is 1.01. The summed E-state index contributed by atoms with van der Waals surface area (Å²) in [6, 6.07) is 9.41. The van der Waals surface area contributed by atoms with Gasteiger partial charge in [0.25, 0.3) is 0 Å². The highest BCUT2D eigenvalue weighted by atomic mass is 19.4. The van der Waals surface area contributed by atoms with Crippen molar-refractivity contribution >= 4 is 17.5 Å². The van der Waals surface area contributed by atoms with Crippen LogP contribution in [0.2, 0.25) is 0 Å². The van der Waals surface area contributed by atoms with E-state index in [9.17, 15) is 27.2 Å². The van der Waals surface area contributed by atoms with E-state index in [0.29, 0.717) is 17.7 Å². The van der Waals surface area contributed by atoms with Crippen molar-refractivity contribution in [3.8, 4) is 17.1 Å². The first-order valence-corrected chi connectivity index (χ1v) is 13.4. The third kappa shape index (κ3) is 9.19. The van der Waals surface area contributed by atoms with Gasteiger partial charge >= 0.3 is 18.2 Å². The average molecular weight is 578 g/mol. The van der Waals surface area contributed by atoms with Gasteiger partial charge in [-0.2, -0.15) is 4.98 Å². The summed E-state index contributed by atoms with van der Waals surface area (Å²) >= 11 is 0. The first-order valence-electron chi connectivity index (χ1n) is 13.4. The molecule has 3 aromatic rings. The second kappa shape index (κ2) is 13.5. The lowest BCUT2D eigenvalue weighted by atomic mass is 9.84. The van der Waals surface area contributed by atoms with Crippen LogP contribution in [0.3, 0.4) is 0 Å². The molecule has 3 N–H and O–H groups in total. The maximum atomic E-state index is 13.3. The molecule has 1 fully saturated rings. The molecule has 0 saturated heterocycles. The van der Waals surface area contributed by atoms with Crippen LogP contribution in [0.1, 0.15) is 56.1 Å². The van der Waals surface area contributed by atoms with E-state index in [1.54, 1.807) is 6.92 Å². The first kappa shape index (κ1) is 29.8. The number of rotatable bonds is 11. The van der Waals surface area contributed by atoms with Gasteiger partial charge in [0, 0.05) is 23.8 Å². The standard InChI is InChI=1S/C28H31F4N5O4/c1-17(16-33-21-11-13-22(14-12-21)40-28(30,31)32)34-25(38)23(15-18-5-3-2-4-6-18)35-26(39)27-36-24(37-41-27)19-7-9-20(29)10-8-19/h7-14,17-18,23,33H,2-6,15-16H2,1H3,(H,34,38)(H,35,39)/t17-,23-/m0/s1. The number of aromatic nitrogens is 2. The molecule has 41 heavy (non-hydrogen) atoms. The summed E-state index contributed by atoms with van der Waals surface area (Å²) in [5, 5.41) is 12.4. The zero-order chi connectivity index (χ0) is 29.4. The van der Waals surface area contributed by atoms with E-state index >= 15 is 0 Å². The Morgan fingerprint density at radius 2 is 1.71 bits per heavy atom. The number of nitrogens with zero attached hydrogens (tertiary/aromatic N) is 2. The van der Waals surface area contributed by atoms with Crippen molar-refractivity contribution in [3.63, 3.8) is 0 Å². The Kier molecular flexibility index (Phi) is 9.79. The monoisotopic (exact) mass is 577 g/mol. The number of alkyl halides is 3. The van der Waals surface area contributed by atoms with Crippen LogP contribution in [0.4, 0.5) is 23.2 Å². The lowest BCUT2D eigenvalue weighted by Crippen LogP contribution is -2.51. The number of halogens is 4. The van der Waals surface area contributed by atoms with Gasteiger partial charge in [-0.05, 0) is 67.8 Å². The van der Waals surface area contributed by atoms with E-state index in [0.717, 1.165) is 32.1 Å². The molecule has 4 rings (SSSR count). The normalized spacial score (nSPS) is 15.5. The second-order valence-corrected chi connectivity index (χ2v) is 10.1. The van der Waals surface area contributed by atoms with Crippen molar-refractivity contribution < 1.29 is 36.4 Å². The number of amides is 2. The topological polar surface area (TPSA) is 118 Å². The summed E-state index contributed by atoms with van der Waals surface area (Å²) in [7, 11) is 0. The molecule has 0 radical (unpaired) electrons. The van der Waals surface area contributed by atoms with Crippen LogP contribution in [0.25, 0.3) is 11.4 Å². The lowest BCUT2D eigenvalue weighted by molar-refractivity contribution is -0.274. The van der Waals surface area contributed by atoms with Gasteiger partial charge in [-0.1, -0.05) is 37.3 Å². The number of hydrogen-bond acceptors (Lipinski definition) is 7. The number of anilines is 1.